The number of aromatic hydroxyl groups is 1. The van der Waals surface area contributed by atoms with Crippen molar-refractivity contribution < 1.29 is 23.4 Å². The number of nitrogens with zero attached hydrogens (tertiary/aromatic N) is 2. The van der Waals surface area contributed by atoms with Crippen molar-refractivity contribution in [1.29, 1.82) is 0 Å². The number of alkyl halides is 2. The number of rotatable bonds is 3. The van der Waals surface area contributed by atoms with E-state index in [-0.39, 0.29) is 23.5 Å². The zero-order valence-electron chi connectivity index (χ0n) is 11.6. The van der Waals surface area contributed by atoms with Crippen molar-refractivity contribution in [2.75, 3.05) is 5.32 Å². The smallest absolute Gasteiger partial charge is 0.275 e. The molecule has 1 atom stereocenters. The predicted octanol–water partition coefficient (Wildman–Crippen LogP) is 1.95. The van der Waals surface area contributed by atoms with Crippen molar-refractivity contribution in [1.82, 2.24) is 9.78 Å². The average molecular weight is 309 g/mol. The maximum Gasteiger partial charge on any atom is 0.275 e. The first-order chi connectivity index (χ1) is 10.4. The van der Waals surface area contributed by atoms with Crippen molar-refractivity contribution in [3.63, 3.8) is 0 Å². The van der Waals surface area contributed by atoms with Gasteiger partial charge in [-0.25, -0.2) is 8.78 Å². The highest BCUT2D eigenvalue weighted by atomic mass is 19.3. The second kappa shape index (κ2) is 5.28. The fourth-order valence-electron chi connectivity index (χ4n) is 2.29. The predicted molar refractivity (Wildman–Crippen MR) is 73.4 cm³/mol. The van der Waals surface area contributed by atoms with Crippen molar-refractivity contribution in [2.45, 2.75) is 19.0 Å². The SMILES string of the molecule is Cn1ccc(NC(=O)c2cc(O)c3c(c2)OC(C(F)F)C3)n1. The number of ether oxygens (including phenoxy) is 1. The number of phenolic OH excluding ortho intramolecular Hbond substituents is 1. The number of nitrogens with one attached hydrogen (secondary N) is 1. The number of amides is 1. The van der Waals surface area contributed by atoms with Gasteiger partial charge in [-0.3, -0.25) is 9.48 Å². The highest BCUT2D eigenvalue weighted by Crippen LogP contribution is 2.38. The molecule has 1 aromatic heterocycles. The van der Waals surface area contributed by atoms with Gasteiger partial charge in [-0.05, 0) is 12.1 Å². The van der Waals surface area contributed by atoms with E-state index in [1.165, 1.54) is 16.8 Å². The summed E-state index contributed by atoms with van der Waals surface area (Å²) in [7, 11) is 1.70. The molecule has 2 heterocycles. The summed E-state index contributed by atoms with van der Waals surface area (Å²) in [6, 6.07) is 4.18. The Morgan fingerprint density at radius 3 is 2.95 bits per heavy atom. The number of hydrogen-bond donors (Lipinski definition) is 2. The number of benzene rings is 1. The molecule has 1 unspecified atom stereocenters. The molecule has 0 saturated carbocycles. The average Bonchev–Trinajstić information content (AvgIpc) is 3.05. The van der Waals surface area contributed by atoms with Gasteiger partial charge in [0.25, 0.3) is 12.3 Å². The molecule has 8 heteroatoms. The fraction of sp³-hybridized carbons (Fsp3) is 0.286. The first-order valence-electron chi connectivity index (χ1n) is 6.55. The number of phenols is 1. The van der Waals surface area contributed by atoms with Gasteiger partial charge in [0, 0.05) is 36.9 Å². The van der Waals surface area contributed by atoms with Crippen molar-refractivity contribution in [3.05, 3.63) is 35.5 Å². The van der Waals surface area contributed by atoms with Gasteiger partial charge < -0.3 is 15.2 Å². The largest absolute Gasteiger partial charge is 0.508 e. The molecule has 2 aromatic rings. The van der Waals surface area contributed by atoms with E-state index in [4.69, 9.17) is 4.74 Å². The number of fused-ring (bicyclic) bond motifs is 1. The van der Waals surface area contributed by atoms with Crippen LogP contribution in [0.1, 0.15) is 15.9 Å². The van der Waals surface area contributed by atoms with Crippen LogP contribution in [0.2, 0.25) is 0 Å². The summed E-state index contributed by atoms with van der Waals surface area (Å²) >= 11 is 0. The van der Waals surface area contributed by atoms with Gasteiger partial charge >= 0.3 is 0 Å². The summed E-state index contributed by atoms with van der Waals surface area (Å²) in [5.41, 5.74) is 0.400. The highest BCUT2D eigenvalue weighted by molar-refractivity contribution is 6.04. The molecule has 2 N–H and O–H groups in total. The summed E-state index contributed by atoms with van der Waals surface area (Å²) in [5.74, 6) is -0.289. The number of halogens is 2. The lowest BCUT2D eigenvalue weighted by Crippen LogP contribution is -2.22. The maximum atomic E-state index is 12.7. The molecule has 116 valence electrons. The van der Waals surface area contributed by atoms with Crippen LogP contribution >= 0.6 is 0 Å². The minimum Gasteiger partial charge on any atom is -0.508 e. The molecule has 0 radical (unpaired) electrons. The first kappa shape index (κ1) is 14.3. The molecule has 3 rings (SSSR count). The molecule has 1 aliphatic rings. The third-order valence-electron chi connectivity index (χ3n) is 3.37. The second-order valence-corrected chi connectivity index (χ2v) is 5.00. The Morgan fingerprint density at radius 2 is 2.32 bits per heavy atom. The van der Waals surface area contributed by atoms with Gasteiger partial charge in [0.15, 0.2) is 11.9 Å². The Hall–Kier alpha value is -2.64. The minimum absolute atomic E-state index is 0.0824. The highest BCUT2D eigenvalue weighted by Gasteiger charge is 2.33. The van der Waals surface area contributed by atoms with Crippen molar-refractivity contribution >= 4 is 11.7 Å². The zero-order chi connectivity index (χ0) is 15.9. The van der Waals surface area contributed by atoms with Gasteiger partial charge in [0.1, 0.15) is 11.5 Å². The molecule has 0 spiro atoms. The number of hydrogen-bond acceptors (Lipinski definition) is 4. The summed E-state index contributed by atoms with van der Waals surface area (Å²) in [6.45, 7) is 0. The summed E-state index contributed by atoms with van der Waals surface area (Å²) in [4.78, 5) is 12.1. The summed E-state index contributed by atoms with van der Waals surface area (Å²) < 4.78 is 32.0. The van der Waals surface area contributed by atoms with Crippen molar-refractivity contribution in [3.8, 4) is 11.5 Å². The lowest BCUT2D eigenvalue weighted by molar-refractivity contribution is 0.0245. The standard InChI is InChI=1S/C14H13F2N3O3/c1-19-3-2-12(18-19)17-14(21)7-4-9(20)8-6-11(13(15)16)22-10(8)5-7/h2-5,11,13,20H,6H2,1H3,(H,17,18,21). The van der Waals surface area contributed by atoms with Gasteiger partial charge in [0.2, 0.25) is 0 Å². The van der Waals surface area contributed by atoms with Crippen LogP contribution < -0.4 is 10.1 Å². The second-order valence-electron chi connectivity index (χ2n) is 5.00. The molecule has 22 heavy (non-hydrogen) atoms. The molecule has 0 saturated heterocycles. The third kappa shape index (κ3) is 2.59. The van der Waals surface area contributed by atoms with E-state index in [0.29, 0.717) is 11.4 Å². The molecule has 0 bridgehead atoms. The molecule has 1 amide bonds. The van der Waals surface area contributed by atoms with Crippen molar-refractivity contribution in [2.24, 2.45) is 7.05 Å². The molecular formula is C14H13F2N3O3. The van der Waals surface area contributed by atoms with Crippen LogP contribution in [0.15, 0.2) is 24.4 Å². The van der Waals surface area contributed by atoms with Crippen LogP contribution in [0.4, 0.5) is 14.6 Å². The number of carbonyl (C=O) groups is 1. The van der Waals surface area contributed by atoms with Gasteiger partial charge in [0.05, 0.1) is 0 Å². The monoisotopic (exact) mass is 309 g/mol. The minimum atomic E-state index is -2.66. The normalized spacial score (nSPS) is 16.5. The molecule has 0 fully saturated rings. The van der Waals surface area contributed by atoms with E-state index in [1.807, 2.05) is 0 Å². The van der Waals surface area contributed by atoms with E-state index >= 15 is 0 Å². The van der Waals surface area contributed by atoms with Crippen LogP contribution in [-0.2, 0) is 13.5 Å². The number of aromatic nitrogens is 2. The van der Waals surface area contributed by atoms with E-state index in [2.05, 4.69) is 10.4 Å². The summed E-state index contributed by atoms with van der Waals surface area (Å²) in [5, 5.41) is 16.5. The quantitative estimate of drug-likeness (QED) is 0.908. The first-order valence-corrected chi connectivity index (χ1v) is 6.55. The summed E-state index contributed by atoms with van der Waals surface area (Å²) in [6.07, 6.45) is -2.37. The topological polar surface area (TPSA) is 76.4 Å². The zero-order valence-corrected chi connectivity index (χ0v) is 11.6. The fourth-order valence-corrected chi connectivity index (χ4v) is 2.29. The Morgan fingerprint density at radius 1 is 1.55 bits per heavy atom. The Labute approximate surface area is 124 Å². The Balaban J connectivity index is 1.83. The van der Waals surface area contributed by atoms with Crippen LogP contribution in [0, 0.1) is 0 Å². The van der Waals surface area contributed by atoms with E-state index in [1.54, 1.807) is 19.3 Å². The van der Waals surface area contributed by atoms with Gasteiger partial charge in [-0.15, -0.1) is 0 Å². The van der Waals surface area contributed by atoms with Crippen LogP contribution in [0.5, 0.6) is 11.5 Å². The third-order valence-corrected chi connectivity index (χ3v) is 3.37. The van der Waals surface area contributed by atoms with Crippen LogP contribution in [-0.4, -0.2) is 33.3 Å². The molecule has 6 nitrogen and oxygen atoms in total. The maximum absolute atomic E-state index is 12.7. The number of anilines is 1. The lowest BCUT2D eigenvalue weighted by atomic mass is 10.1. The Bertz CT molecular complexity index is 730. The molecule has 1 aromatic carbocycles. The van der Waals surface area contributed by atoms with Gasteiger partial charge in [-0.1, -0.05) is 0 Å². The van der Waals surface area contributed by atoms with Crippen LogP contribution in [0.25, 0.3) is 0 Å². The van der Waals surface area contributed by atoms with E-state index in [0.717, 1.165) is 0 Å². The number of aryl methyl sites for hydroxylation is 1. The van der Waals surface area contributed by atoms with Crippen LogP contribution in [0.3, 0.4) is 0 Å². The van der Waals surface area contributed by atoms with Gasteiger partial charge in [-0.2, -0.15) is 5.10 Å². The van der Waals surface area contributed by atoms with E-state index < -0.39 is 18.4 Å². The number of carbonyl (C=O) groups excluding carboxylic acids is 1. The lowest BCUT2D eigenvalue weighted by Gasteiger charge is -2.09. The Kier molecular flexibility index (Phi) is 3.44. The molecule has 1 aliphatic heterocycles. The van der Waals surface area contributed by atoms with E-state index in [9.17, 15) is 18.7 Å². The molecular weight excluding hydrogens is 296 g/mol. The molecule has 0 aliphatic carbocycles.